The van der Waals surface area contributed by atoms with Crippen molar-refractivity contribution in [3.05, 3.63) is 10.4 Å². The summed E-state index contributed by atoms with van der Waals surface area (Å²) in [5, 5.41) is 12.2. The van der Waals surface area contributed by atoms with E-state index in [-0.39, 0.29) is 33.5 Å². The number of sulfone groups is 1. The van der Waals surface area contributed by atoms with Gasteiger partial charge in [0.05, 0.1) is 17.2 Å². The minimum absolute atomic E-state index is 0.0466. The van der Waals surface area contributed by atoms with Crippen molar-refractivity contribution in [3.63, 3.8) is 0 Å². The molecular weight excluding hydrogens is 300 g/mol. The second-order valence-electron chi connectivity index (χ2n) is 4.35. The summed E-state index contributed by atoms with van der Waals surface area (Å²) >= 11 is 1.12. The number of amides is 1. The molecule has 0 aromatic carbocycles. The van der Waals surface area contributed by atoms with Crippen LogP contribution in [0.4, 0.5) is 10.7 Å². The molecule has 9 heteroatoms. The number of carbonyl (C=O) groups is 1. The molecule has 1 aromatic heterocycles. The van der Waals surface area contributed by atoms with E-state index in [1.54, 1.807) is 4.90 Å². The van der Waals surface area contributed by atoms with Gasteiger partial charge in [0.15, 0.2) is 9.84 Å². The summed E-state index contributed by atoms with van der Waals surface area (Å²) in [6, 6.07) is 2.00. The molecule has 1 aromatic rings. The monoisotopic (exact) mass is 314 g/mol. The van der Waals surface area contributed by atoms with Gasteiger partial charge in [0.25, 0.3) is 5.91 Å². The summed E-state index contributed by atoms with van der Waals surface area (Å²) < 4.78 is 22.9. The molecule has 0 spiro atoms. The molecule has 20 heavy (non-hydrogen) atoms. The lowest BCUT2D eigenvalue weighted by atomic mass is 10.2. The van der Waals surface area contributed by atoms with E-state index in [2.05, 4.69) is 5.32 Å². The first-order chi connectivity index (χ1) is 9.39. The van der Waals surface area contributed by atoms with E-state index in [0.717, 1.165) is 11.3 Å². The first-order valence-electron chi connectivity index (χ1n) is 5.89. The van der Waals surface area contributed by atoms with Gasteiger partial charge in [0.2, 0.25) is 0 Å². The van der Waals surface area contributed by atoms with Gasteiger partial charge in [-0.2, -0.15) is 5.26 Å². The second kappa shape index (κ2) is 5.30. The Labute approximate surface area is 120 Å². The molecule has 1 amide bonds. The second-order valence-corrected chi connectivity index (χ2v) is 7.66. The fraction of sp³-hybridized carbons (Fsp3) is 0.455. The summed E-state index contributed by atoms with van der Waals surface area (Å²) in [7, 11) is -1.51. The quantitative estimate of drug-likeness (QED) is 0.780. The first kappa shape index (κ1) is 14.6. The Kier molecular flexibility index (Phi) is 3.87. The maximum atomic E-state index is 11.7. The Morgan fingerprint density at radius 3 is 2.55 bits per heavy atom. The highest BCUT2D eigenvalue weighted by Crippen LogP contribution is 2.38. The maximum absolute atomic E-state index is 11.7. The predicted octanol–water partition coefficient (Wildman–Crippen LogP) is -0.204. The number of anilines is 2. The van der Waals surface area contributed by atoms with E-state index in [1.807, 2.05) is 6.07 Å². The number of hydrogen-bond acceptors (Lipinski definition) is 7. The number of hydrogen-bond donors (Lipinski definition) is 2. The number of nitrogens with zero attached hydrogens (tertiary/aromatic N) is 2. The van der Waals surface area contributed by atoms with E-state index < -0.39 is 9.84 Å². The van der Waals surface area contributed by atoms with E-state index >= 15 is 0 Å². The van der Waals surface area contributed by atoms with Gasteiger partial charge in [-0.15, -0.1) is 11.3 Å². The van der Waals surface area contributed by atoms with Crippen molar-refractivity contribution in [2.45, 2.75) is 0 Å². The van der Waals surface area contributed by atoms with Crippen molar-refractivity contribution in [1.29, 1.82) is 5.26 Å². The summed E-state index contributed by atoms with van der Waals surface area (Å²) in [5.41, 5.74) is 6.23. The molecule has 7 nitrogen and oxygen atoms in total. The first-order valence-corrected chi connectivity index (χ1v) is 8.53. The Hall–Kier alpha value is -1.79. The normalized spacial score (nSPS) is 17.5. The van der Waals surface area contributed by atoms with Crippen molar-refractivity contribution in [3.8, 4) is 6.07 Å². The summed E-state index contributed by atoms with van der Waals surface area (Å²) in [5.74, 6) is -0.254. The van der Waals surface area contributed by atoms with Crippen LogP contribution in [0.25, 0.3) is 0 Å². The van der Waals surface area contributed by atoms with Crippen molar-refractivity contribution < 1.29 is 13.2 Å². The zero-order valence-corrected chi connectivity index (χ0v) is 12.5. The third-order valence-electron chi connectivity index (χ3n) is 3.10. The fourth-order valence-electron chi connectivity index (χ4n) is 1.96. The van der Waals surface area contributed by atoms with Crippen LogP contribution < -0.4 is 16.0 Å². The third-order valence-corrected chi connectivity index (χ3v) is 5.98. The van der Waals surface area contributed by atoms with Gasteiger partial charge in [-0.3, -0.25) is 4.79 Å². The van der Waals surface area contributed by atoms with Crippen LogP contribution in [0.5, 0.6) is 0 Å². The molecule has 0 aliphatic carbocycles. The van der Waals surface area contributed by atoms with Gasteiger partial charge in [-0.05, 0) is 0 Å². The zero-order chi connectivity index (χ0) is 14.9. The molecule has 2 rings (SSSR count). The van der Waals surface area contributed by atoms with Gasteiger partial charge in [-0.25, -0.2) is 8.42 Å². The number of thiophene rings is 1. The van der Waals surface area contributed by atoms with E-state index in [9.17, 15) is 18.5 Å². The number of rotatable bonds is 2. The minimum atomic E-state index is -3.00. The van der Waals surface area contributed by atoms with Gasteiger partial charge in [0, 0.05) is 20.1 Å². The molecular formula is C11H14N4O3S2. The van der Waals surface area contributed by atoms with Crippen LogP contribution in [0, 0.1) is 11.3 Å². The Morgan fingerprint density at radius 1 is 1.45 bits per heavy atom. The molecule has 0 bridgehead atoms. The molecule has 1 aliphatic rings. The molecule has 108 valence electrons. The van der Waals surface area contributed by atoms with Crippen LogP contribution in [0.15, 0.2) is 0 Å². The Morgan fingerprint density at radius 2 is 2.05 bits per heavy atom. The van der Waals surface area contributed by atoms with Crippen LogP contribution in [-0.4, -0.2) is 46.0 Å². The van der Waals surface area contributed by atoms with Gasteiger partial charge < -0.3 is 16.0 Å². The summed E-state index contributed by atoms with van der Waals surface area (Å²) in [6.07, 6.45) is 0. The minimum Gasteiger partial charge on any atom is -0.396 e. The van der Waals surface area contributed by atoms with Crippen molar-refractivity contribution in [2.75, 3.05) is 42.3 Å². The van der Waals surface area contributed by atoms with Gasteiger partial charge in [0.1, 0.15) is 21.5 Å². The van der Waals surface area contributed by atoms with Crippen molar-refractivity contribution in [2.24, 2.45) is 0 Å². The van der Waals surface area contributed by atoms with Crippen LogP contribution in [0.3, 0.4) is 0 Å². The van der Waals surface area contributed by atoms with Crippen LogP contribution in [-0.2, 0) is 9.84 Å². The van der Waals surface area contributed by atoms with Gasteiger partial charge in [-0.1, -0.05) is 0 Å². The topological polar surface area (TPSA) is 116 Å². The lowest BCUT2D eigenvalue weighted by Crippen LogP contribution is -2.40. The smallest absolute Gasteiger partial charge is 0.263 e. The largest absolute Gasteiger partial charge is 0.396 e. The maximum Gasteiger partial charge on any atom is 0.263 e. The number of nitrogens with one attached hydrogen (secondary N) is 1. The molecule has 1 saturated heterocycles. The van der Waals surface area contributed by atoms with Crippen LogP contribution in [0.1, 0.15) is 15.2 Å². The summed E-state index contributed by atoms with van der Waals surface area (Å²) in [4.78, 5) is 13.8. The summed E-state index contributed by atoms with van der Waals surface area (Å²) in [6.45, 7) is 0.619. The van der Waals surface area contributed by atoms with Crippen LogP contribution in [0.2, 0.25) is 0 Å². The van der Waals surface area contributed by atoms with Gasteiger partial charge >= 0.3 is 0 Å². The molecule has 0 unspecified atom stereocenters. The number of nitrogen functional groups attached to an aromatic ring is 1. The SMILES string of the molecule is CNC(=O)c1sc(N2CCS(=O)(=O)CC2)c(C#N)c1N. The number of nitrogens with two attached hydrogens (primary N) is 1. The van der Waals surface area contributed by atoms with Crippen molar-refractivity contribution >= 4 is 37.8 Å². The molecule has 2 heterocycles. The molecule has 0 atom stereocenters. The number of nitriles is 1. The Bertz CT molecular complexity index is 673. The molecule has 0 saturated carbocycles. The standard InChI is InChI=1S/C11H14N4O3S2/c1-14-10(16)9-8(13)7(6-12)11(19-9)15-2-4-20(17,18)5-3-15/h2-5,13H2,1H3,(H,14,16). The fourth-order valence-corrected chi connectivity index (χ4v) is 4.33. The van der Waals surface area contributed by atoms with E-state index in [1.165, 1.54) is 7.05 Å². The lowest BCUT2D eigenvalue weighted by Gasteiger charge is -2.27. The van der Waals surface area contributed by atoms with E-state index in [4.69, 9.17) is 5.73 Å². The van der Waals surface area contributed by atoms with Crippen molar-refractivity contribution in [1.82, 2.24) is 5.32 Å². The highest BCUT2D eigenvalue weighted by atomic mass is 32.2. The predicted molar refractivity (Wildman–Crippen MR) is 77.7 cm³/mol. The average Bonchev–Trinajstić information content (AvgIpc) is 2.75. The third kappa shape index (κ3) is 2.57. The van der Waals surface area contributed by atoms with E-state index in [0.29, 0.717) is 18.1 Å². The lowest BCUT2D eigenvalue weighted by molar-refractivity contribution is 0.0968. The highest BCUT2D eigenvalue weighted by molar-refractivity contribution is 7.91. The molecule has 1 fully saturated rings. The van der Waals surface area contributed by atoms with Crippen LogP contribution >= 0.6 is 11.3 Å². The molecule has 3 N–H and O–H groups in total. The zero-order valence-electron chi connectivity index (χ0n) is 10.8. The number of carbonyl (C=O) groups excluding carboxylic acids is 1. The molecule has 1 aliphatic heterocycles. The average molecular weight is 314 g/mol. The molecule has 0 radical (unpaired) electrons. The highest BCUT2D eigenvalue weighted by Gasteiger charge is 2.28. The Balaban J connectivity index is 2.38.